The normalized spacial score (nSPS) is 9.27. The Bertz CT molecular complexity index is 223. The van der Waals surface area contributed by atoms with Gasteiger partial charge in [0.25, 0.3) is 0 Å². The van der Waals surface area contributed by atoms with Crippen LogP contribution in [0.2, 0.25) is 6.82 Å². The third-order valence-electron chi connectivity index (χ3n) is 1.62. The summed E-state index contributed by atoms with van der Waals surface area (Å²) in [6.07, 6.45) is 0. The van der Waals surface area contributed by atoms with Crippen molar-refractivity contribution < 1.29 is 4.74 Å². The molecule has 1 rings (SSSR count). The summed E-state index contributed by atoms with van der Waals surface area (Å²) in [5.74, 6) is 0.979. The average molecular weight is 148 g/mol. The molecule has 1 aromatic rings. The minimum Gasteiger partial charge on any atom is -0.494 e. The van der Waals surface area contributed by atoms with Crippen LogP contribution in [0.15, 0.2) is 24.3 Å². The highest BCUT2D eigenvalue weighted by molar-refractivity contribution is 6.51. The van der Waals surface area contributed by atoms with E-state index >= 15 is 0 Å². The lowest BCUT2D eigenvalue weighted by Gasteiger charge is -2.03. The summed E-state index contributed by atoms with van der Waals surface area (Å²) in [5, 5.41) is 0. The van der Waals surface area contributed by atoms with Crippen molar-refractivity contribution in [1.82, 2.24) is 0 Å². The topological polar surface area (TPSA) is 9.23 Å². The second-order valence-electron chi connectivity index (χ2n) is 2.43. The van der Waals surface area contributed by atoms with Gasteiger partial charge in [-0.05, 0) is 19.1 Å². The van der Waals surface area contributed by atoms with E-state index in [1.54, 1.807) is 0 Å². The third kappa shape index (κ3) is 2.30. The molecule has 0 atom stereocenters. The number of hydrogen-bond acceptors (Lipinski definition) is 1. The van der Waals surface area contributed by atoms with Crippen LogP contribution in [-0.2, 0) is 0 Å². The molecule has 0 saturated heterocycles. The molecule has 0 spiro atoms. The highest BCUT2D eigenvalue weighted by Crippen LogP contribution is 2.05. The van der Waals surface area contributed by atoms with Crippen molar-refractivity contribution in [2.45, 2.75) is 13.7 Å². The lowest BCUT2D eigenvalue weighted by Crippen LogP contribution is -2.09. The Hall–Kier alpha value is -0.915. The van der Waals surface area contributed by atoms with Crippen LogP contribution in [0.1, 0.15) is 6.92 Å². The van der Waals surface area contributed by atoms with E-state index < -0.39 is 0 Å². The van der Waals surface area contributed by atoms with Crippen LogP contribution in [-0.4, -0.2) is 13.9 Å². The Labute approximate surface area is 68.6 Å². The number of benzene rings is 1. The number of rotatable bonds is 3. The second kappa shape index (κ2) is 4.07. The molecule has 0 amide bonds. The first-order valence-corrected chi connectivity index (χ1v) is 4.08. The van der Waals surface area contributed by atoms with Gasteiger partial charge in [-0.2, -0.15) is 0 Å². The fourth-order valence-electron chi connectivity index (χ4n) is 1.02. The van der Waals surface area contributed by atoms with Crippen LogP contribution in [0, 0.1) is 0 Å². The van der Waals surface area contributed by atoms with Crippen LogP contribution >= 0.6 is 0 Å². The molecule has 0 unspecified atom stereocenters. The molecule has 2 heteroatoms. The van der Waals surface area contributed by atoms with Crippen molar-refractivity contribution >= 4 is 12.7 Å². The Morgan fingerprint density at radius 1 is 1.45 bits per heavy atom. The highest BCUT2D eigenvalue weighted by Gasteiger charge is 1.93. The fourth-order valence-corrected chi connectivity index (χ4v) is 1.02. The van der Waals surface area contributed by atoms with E-state index in [2.05, 4.69) is 19.0 Å². The molecule has 0 bridgehead atoms. The molecule has 0 saturated carbocycles. The Kier molecular flexibility index (Phi) is 3.03. The van der Waals surface area contributed by atoms with Crippen LogP contribution in [0.5, 0.6) is 5.75 Å². The summed E-state index contributed by atoms with van der Waals surface area (Å²) >= 11 is 0. The molecular formula is C9H13BO. The molecule has 0 fully saturated rings. The summed E-state index contributed by atoms with van der Waals surface area (Å²) in [6.45, 7) is 4.89. The molecule has 0 aliphatic carbocycles. The summed E-state index contributed by atoms with van der Waals surface area (Å²) in [7, 11) is 1.07. The molecule has 0 aromatic heterocycles. The predicted molar refractivity (Wildman–Crippen MR) is 50.3 cm³/mol. The van der Waals surface area contributed by atoms with Gasteiger partial charge in [-0.15, -0.1) is 0 Å². The Morgan fingerprint density at radius 2 is 2.27 bits per heavy atom. The van der Waals surface area contributed by atoms with Crippen molar-refractivity contribution in [1.29, 1.82) is 0 Å². The van der Waals surface area contributed by atoms with E-state index in [0.29, 0.717) is 0 Å². The standard InChI is InChI=1S/C9H13BO/c1-3-11-9-6-4-5-8(7-9)10-2/h4-7,10H,3H2,1-2H3. The van der Waals surface area contributed by atoms with Gasteiger partial charge in [0.15, 0.2) is 7.28 Å². The summed E-state index contributed by atoms with van der Waals surface area (Å²) in [5.41, 5.74) is 1.33. The van der Waals surface area contributed by atoms with Gasteiger partial charge in [0.05, 0.1) is 6.61 Å². The Balaban J connectivity index is 2.74. The molecule has 0 aliphatic heterocycles. The van der Waals surface area contributed by atoms with Crippen molar-refractivity contribution in [3.8, 4) is 5.75 Å². The number of hydrogen-bond donors (Lipinski definition) is 0. The molecular weight excluding hydrogens is 135 g/mol. The lowest BCUT2D eigenvalue weighted by molar-refractivity contribution is 0.340. The molecule has 1 aromatic carbocycles. The van der Waals surface area contributed by atoms with E-state index in [1.165, 1.54) is 5.46 Å². The SMILES string of the molecule is CBc1cccc(OCC)c1. The zero-order chi connectivity index (χ0) is 8.10. The molecule has 11 heavy (non-hydrogen) atoms. The summed E-state index contributed by atoms with van der Waals surface area (Å²) in [6, 6.07) is 8.22. The molecule has 0 radical (unpaired) electrons. The van der Waals surface area contributed by atoms with E-state index in [0.717, 1.165) is 19.6 Å². The summed E-state index contributed by atoms with van der Waals surface area (Å²) in [4.78, 5) is 0. The quantitative estimate of drug-likeness (QED) is 0.585. The maximum Gasteiger partial charge on any atom is 0.154 e. The number of ether oxygens (including phenoxy) is 1. The van der Waals surface area contributed by atoms with Crippen molar-refractivity contribution in [3.05, 3.63) is 24.3 Å². The largest absolute Gasteiger partial charge is 0.494 e. The summed E-state index contributed by atoms with van der Waals surface area (Å²) < 4.78 is 5.35. The molecule has 0 aliphatic rings. The van der Waals surface area contributed by atoms with Gasteiger partial charge >= 0.3 is 0 Å². The maximum absolute atomic E-state index is 5.35. The van der Waals surface area contributed by atoms with Crippen LogP contribution < -0.4 is 10.2 Å². The van der Waals surface area contributed by atoms with Gasteiger partial charge in [0, 0.05) is 0 Å². The molecule has 1 nitrogen and oxygen atoms in total. The third-order valence-corrected chi connectivity index (χ3v) is 1.62. The minimum absolute atomic E-state index is 0.743. The van der Waals surface area contributed by atoms with Crippen LogP contribution in [0.4, 0.5) is 0 Å². The van der Waals surface area contributed by atoms with Gasteiger partial charge in [-0.25, -0.2) is 0 Å². The zero-order valence-electron chi connectivity index (χ0n) is 7.13. The monoisotopic (exact) mass is 148 g/mol. The maximum atomic E-state index is 5.35. The smallest absolute Gasteiger partial charge is 0.154 e. The van der Waals surface area contributed by atoms with Gasteiger partial charge in [-0.1, -0.05) is 24.4 Å². The van der Waals surface area contributed by atoms with E-state index in [9.17, 15) is 0 Å². The predicted octanol–water partition coefficient (Wildman–Crippen LogP) is 1.20. The first-order chi connectivity index (χ1) is 5.36. The molecule has 0 heterocycles. The average Bonchev–Trinajstić information content (AvgIpc) is 2.06. The van der Waals surface area contributed by atoms with Gasteiger partial charge in [-0.3, -0.25) is 0 Å². The Morgan fingerprint density at radius 3 is 2.91 bits per heavy atom. The van der Waals surface area contributed by atoms with Crippen molar-refractivity contribution in [2.24, 2.45) is 0 Å². The van der Waals surface area contributed by atoms with Crippen LogP contribution in [0.25, 0.3) is 0 Å². The van der Waals surface area contributed by atoms with Crippen molar-refractivity contribution in [2.75, 3.05) is 6.61 Å². The van der Waals surface area contributed by atoms with Gasteiger partial charge in [0.2, 0.25) is 0 Å². The van der Waals surface area contributed by atoms with Gasteiger partial charge in [0.1, 0.15) is 5.75 Å². The van der Waals surface area contributed by atoms with Crippen LogP contribution in [0.3, 0.4) is 0 Å². The first kappa shape index (κ1) is 8.18. The lowest BCUT2D eigenvalue weighted by atomic mass is 9.73. The second-order valence-corrected chi connectivity index (χ2v) is 2.43. The molecule has 0 N–H and O–H groups in total. The molecule has 58 valence electrons. The van der Waals surface area contributed by atoms with E-state index in [1.807, 2.05) is 19.1 Å². The fraction of sp³-hybridized carbons (Fsp3) is 0.333. The van der Waals surface area contributed by atoms with E-state index in [-0.39, 0.29) is 0 Å². The highest BCUT2D eigenvalue weighted by atomic mass is 16.5. The zero-order valence-corrected chi connectivity index (χ0v) is 7.13. The van der Waals surface area contributed by atoms with Gasteiger partial charge < -0.3 is 4.74 Å². The minimum atomic E-state index is 0.743. The van der Waals surface area contributed by atoms with E-state index in [4.69, 9.17) is 4.74 Å². The van der Waals surface area contributed by atoms with Crippen molar-refractivity contribution in [3.63, 3.8) is 0 Å². The first-order valence-electron chi connectivity index (χ1n) is 4.08.